The lowest BCUT2D eigenvalue weighted by Crippen LogP contribution is -2.23. The van der Waals surface area contributed by atoms with Gasteiger partial charge in [-0.2, -0.15) is 13.2 Å². The van der Waals surface area contributed by atoms with E-state index in [-0.39, 0.29) is 5.69 Å². The molecule has 1 aromatic carbocycles. The third-order valence-electron chi connectivity index (χ3n) is 1.68. The Labute approximate surface area is 95.3 Å². The van der Waals surface area contributed by atoms with Gasteiger partial charge in [-0.15, -0.1) is 0 Å². The molecule has 7 heteroatoms. The summed E-state index contributed by atoms with van der Waals surface area (Å²) < 4.78 is 44.1. The molecule has 0 aliphatic heterocycles. The molecule has 1 amide bonds. The van der Waals surface area contributed by atoms with Crippen LogP contribution in [0.3, 0.4) is 0 Å². The first-order chi connectivity index (χ1) is 7.90. The van der Waals surface area contributed by atoms with E-state index in [1.165, 1.54) is 19.2 Å². The van der Waals surface area contributed by atoms with Crippen molar-refractivity contribution in [2.45, 2.75) is 6.18 Å². The number of hydrogen-bond acceptors (Lipinski definition) is 3. The Morgan fingerprint density at radius 3 is 2.71 bits per heavy atom. The van der Waals surface area contributed by atoms with E-state index in [0.29, 0.717) is 5.75 Å². The van der Waals surface area contributed by atoms with Gasteiger partial charge in [-0.05, 0) is 12.1 Å². The summed E-state index contributed by atoms with van der Waals surface area (Å²) in [4.78, 5) is 11.0. The fourth-order valence-corrected chi connectivity index (χ4v) is 1.00. The molecule has 0 saturated heterocycles. The van der Waals surface area contributed by atoms with E-state index in [2.05, 4.69) is 10.1 Å². The van der Waals surface area contributed by atoms with Crippen LogP contribution in [0.25, 0.3) is 0 Å². The number of rotatable bonds is 3. The molecule has 0 atom stereocenters. The van der Waals surface area contributed by atoms with Gasteiger partial charge in [-0.1, -0.05) is 6.07 Å². The molecular weight excluding hydrogens is 239 g/mol. The Balaban J connectivity index is 2.50. The van der Waals surface area contributed by atoms with E-state index in [0.717, 1.165) is 0 Å². The minimum atomic E-state index is -4.54. The predicted molar refractivity (Wildman–Crippen MR) is 54.0 cm³/mol. The molecule has 0 fully saturated rings. The zero-order valence-corrected chi connectivity index (χ0v) is 8.88. The van der Waals surface area contributed by atoms with Crippen molar-refractivity contribution in [3.63, 3.8) is 0 Å². The Hall–Kier alpha value is -1.92. The number of carbonyl (C=O) groups is 1. The number of ether oxygens (including phenoxy) is 2. The third kappa shape index (κ3) is 5.10. The summed E-state index contributed by atoms with van der Waals surface area (Å²) in [5.74, 6) is 0.471. The van der Waals surface area contributed by atoms with Gasteiger partial charge >= 0.3 is 12.3 Å². The summed E-state index contributed by atoms with van der Waals surface area (Å²) in [6.07, 6.45) is -5.71. The van der Waals surface area contributed by atoms with Crippen molar-refractivity contribution in [1.29, 1.82) is 0 Å². The van der Waals surface area contributed by atoms with E-state index in [4.69, 9.17) is 4.74 Å². The highest BCUT2D eigenvalue weighted by Crippen LogP contribution is 2.18. The van der Waals surface area contributed by atoms with Gasteiger partial charge in [0.1, 0.15) is 5.75 Å². The second kappa shape index (κ2) is 5.42. The molecule has 0 radical (unpaired) electrons. The van der Waals surface area contributed by atoms with Crippen LogP contribution in [-0.4, -0.2) is 26.0 Å². The van der Waals surface area contributed by atoms with Gasteiger partial charge in [0.05, 0.1) is 7.11 Å². The first-order valence-electron chi connectivity index (χ1n) is 4.55. The van der Waals surface area contributed by atoms with Crippen LogP contribution in [0.2, 0.25) is 0 Å². The topological polar surface area (TPSA) is 47.6 Å². The van der Waals surface area contributed by atoms with Crippen LogP contribution in [0.4, 0.5) is 23.7 Å². The van der Waals surface area contributed by atoms with Crippen molar-refractivity contribution in [3.8, 4) is 5.75 Å². The number of halogens is 3. The molecule has 1 aromatic rings. The minimum Gasteiger partial charge on any atom is -0.497 e. The van der Waals surface area contributed by atoms with Gasteiger partial charge < -0.3 is 9.47 Å². The molecule has 0 aliphatic carbocycles. The highest BCUT2D eigenvalue weighted by Gasteiger charge is 2.29. The van der Waals surface area contributed by atoms with Crippen molar-refractivity contribution in [3.05, 3.63) is 24.3 Å². The molecule has 94 valence electrons. The van der Waals surface area contributed by atoms with Crippen molar-refractivity contribution in [1.82, 2.24) is 0 Å². The van der Waals surface area contributed by atoms with Gasteiger partial charge in [0.25, 0.3) is 0 Å². The maximum absolute atomic E-state index is 11.7. The van der Waals surface area contributed by atoms with Crippen LogP contribution in [0.15, 0.2) is 24.3 Å². The van der Waals surface area contributed by atoms with Crippen LogP contribution in [-0.2, 0) is 4.74 Å². The molecule has 0 heterocycles. The third-order valence-corrected chi connectivity index (χ3v) is 1.68. The number of alkyl halides is 3. The first-order valence-corrected chi connectivity index (χ1v) is 4.55. The molecule has 1 rings (SSSR count). The molecule has 0 unspecified atom stereocenters. The molecule has 17 heavy (non-hydrogen) atoms. The maximum atomic E-state index is 11.7. The van der Waals surface area contributed by atoms with E-state index >= 15 is 0 Å². The Morgan fingerprint density at radius 1 is 1.41 bits per heavy atom. The fraction of sp³-hybridized carbons (Fsp3) is 0.300. The number of amides is 1. The van der Waals surface area contributed by atoms with Gasteiger partial charge in [0.2, 0.25) is 0 Å². The van der Waals surface area contributed by atoms with Crippen LogP contribution in [0.1, 0.15) is 0 Å². The highest BCUT2D eigenvalue weighted by molar-refractivity contribution is 5.84. The standard InChI is InChI=1S/C10H10F3NO3/c1-16-8-4-2-3-7(5-8)14-9(15)17-6-10(11,12)13/h2-5H,6H2,1H3,(H,14,15). The summed E-state index contributed by atoms with van der Waals surface area (Å²) in [5, 5.41) is 2.15. The molecule has 1 N–H and O–H groups in total. The van der Waals surface area contributed by atoms with Crippen molar-refractivity contribution in [2.24, 2.45) is 0 Å². The lowest BCUT2D eigenvalue weighted by atomic mass is 10.3. The molecule has 0 saturated carbocycles. The SMILES string of the molecule is COc1cccc(NC(=O)OCC(F)(F)F)c1. The number of benzene rings is 1. The van der Waals surface area contributed by atoms with Crippen LogP contribution < -0.4 is 10.1 Å². The Kier molecular flexibility index (Phi) is 4.19. The Bertz CT molecular complexity index is 393. The lowest BCUT2D eigenvalue weighted by molar-refractivity contribution is -0.159. The summed E-state index contributed by atoms with van der Waals surface area (Å²) in [7, 11) is 1.43. The Morgan fingerprint density at radius 2 is 2.12 bits per heavy atom. The van der Waals surface area contributed by atoms with Gasteiger partial charge in [-0.25, -0.2) is 4.79 Å². The molecular formula is C10H10F3NO3. The summed E-state index contributed by atoms with van der Waals surface area (Å²) in [6, 6.07) is 6.16. The smallest absolute Gasteiger partial charge is 0.422 e. The maximum Gasteiger partial charge on any atom is 0.422 e. The molecule has 0 aromatic heterocycles. The van der Waals surface area contributed by atoms with Crippen LogP contribution in [0, 0.1) is 0 Å². The lowest BCUT2D eigenvalue weighted by Gasteiger charge is -2.09. The molecule has 0 spiro atoms. The zero-order valence-electron chi connectivity index (χ0n) is 8.88. The second-order valence-corrected chi connectivity index (χ2v) is 3.05. The van der Waals surface area contributed by atoms with Gasteiger partial charge in [0, 0.05) is 11.8 Å². The second-order valence-electron chi connectivity index (χ2n) is 3.05. The average Bonchev–Trinajstić information content (AvgIpc) is 2.26. The van der Waals surface area contributed by atoms with Gasteiger partial charge in [0.15, 0.2) is 6.61 Å². The average molecular weight is 249 g/mol. The number of hydrogen-bond donors (Lipinski definition) is 1. The normalized spacial score (nSPS) is 10.8. The first kappa shape index (κ1) is 13.1. The largest absolute Gasteiger partial charge is 0.497 e. The number of nitrogens with one attached hydrogen (secondary N) is 1. The van der Waals surface area contributed by atoms with E-state index in [1.54, 1.807) is 12.1 Å². The summed E-state index contributed by atoms with van der Waals surface area (Å²) in [5.41, 5.74) is 0.288. The quantitative estimate of drug-likeness (QED) is 0.895. The monoisotopic (exact) mass is 249 g/mol. The summed E-state index contributed by atoms with van der Waals surface area (Å²) in [6.45, 7) is -1.62. The van der Waals surface area contributed by atoms with E-state index < -0.39 is 18.9 Å². The molecule has 0 aliphatic rings. The zero-order chi connectivity index (χ0) is 12.9. The fourth-order valence-electron chi connectivity index (χ4n) is 1.00. The minimum absolute atomic E-state index is 0.288. The predicted octanol–water partition coefficient (Wildman–Crippen LogP) is 2.81. The van der Waals surface area contributed by atoms with Crippen molar-refractivity contribution >= 4 is 11.8 Å². The number of methoxy groups -OCH3 is 1. The highest BCUT2D eigenvalue weighted by atomic mass is 19.4. The van der Waals surface area contributed by atoms with Crippen molar-refractivity contribution in [2.75, 3.05) is 19.0 Å². The number of carbonyl (C=O) groups excluding carboxylic acids is 1. The molecule has 4 nitrogen and oxygen atoms in total. The van der Waals surface area contributed by atoms with E-state index in [9.17, 15) is 18.0 Å². The number of anilines is 1. The summed E-state index contributed by atoms with van der Waals surface area (Å²) >= 11 is 0. The molecule has 0 bridgehead atoms. The van der Waals surface area contributed by atoms with Crippen LogP contribution >= 0.6 is 0 Å². The van der Waals surface area contributed by atoms with Crippen molar-refractivity contribution < 1.29 is 27.4 Å². The van der Waals surface area contributed by atoms with Crippen LogP contribution in [0.5, 0.6) is 5.75 Å². The van der Waals surface area contributed by atoms with E-state index in [1.807, 2.05) is 0 Å². The van der Waals surface area contributed by atoms with Gasteiger partial charge in [-0.3, -0.25) is 5.32 Å².